The molecular formula is C8H6N2OS. The van der Waals surface area contributed by atoms with Crippen LogP contribution in [0.15, 0.2) is 11.4 Å². The average Bonchev–Trinajstić information content (AvgIpc) is 2.82. The van der Waals surface area contributed by atoms with E-state index >= 15 is 0 Å². The van der Waals surface area contributed by atoms with Crippen molar-refractivity contribution in [3.8, 4) is 6.07 Å². The van der Waals surface area contributed by atoms with Crippen LogP contribution in [0.4, 0.5) is 0 Å². The van der Waals surface area contributed by atoms with Gasteiger partial charge in [-0.05, 0) is 6.07 Å². The monoisotopic (exact) mass is 178 g/mol. The van der Waals surface area contributed by atoms with Crippen molar-refractivity contribution >= 4 is 17.2 Å². The Labute approximate surface area is 73.8 Å². The molecule has 0 unspecified atom stereocenters. The Morgan fingerprint density at radius 1 is 1.67 bits per heavy atom. The van der Waals surface area contributed by atoms with E-state index in [1.807, 2.05) is 6.07 Å². The fourth-order valence-corrected chi connectivity index (χ4v) is 1.72. The summed E-state index contributed by atoms with van der Waals surface area (Å²) >= 11 is 1.34. The highest BCUT2D eigenvalue weighted by molar-refractivity contribution is 7.12. The van der Waals surface area contributed by atoms with E-state index in [1.54, 1.807) is 16.3 Å². The van der Waals surface area contributed by atoms with Crippen molar-refractivity contribution in [3.63, 3.8) is 0 Å². The third-order valence-corrected chi connectivity index (χ3v) is 2.59. The standard InChI is InChI=1S/C8H6N2OS/c9-4-6-3-7(12-5-6)8(11)10-1-2-10/h3,5H,1-2H2. The smallest absolute Gasteiger partial charge is 0.264 e. The predicted molar refractivity (Wildman–Crippen MR) is 44.9 cm³/mol. The van der Waals surface area contributed by atoms with Gasteiger partial charge in [0, 0.05) is 18.5 Å². The van der Waals surface area contributed by atoms with Crippen LogP contribution in [-0.4, -0.2) is 23.9 Å². The quantitative estimate of drug-likeness (QED) is 0.604. The zero-order chi connectivity index (χ0) is 8.55. The van der Waals surface area contributed by atoms with Gasteiger partial charge in [-0.2, -0.15) is 5.26 Å². The number of hydrogen-bond acceptors (Lipinski definition) is 3. The number of hydrogen-bond donors (Lipinski definition) is 0. The van der Waals surface area contributed by atoms with E-state index in [9.17, 15) is 4.79 Å². The Hall–Kier alpha value is -1.34. The summed E-state index contributed by atoms with van der Waals surface area (Å²) in [5.41, 5.74) is 0.574. The van der Waals surface area contributed by atoms with Crippen molar-refractivity contribution in [3.05, 3.63) is 21.9 Å². The molecule has 1 aromatic heterocycles. The van der Waals surface area contributed by atoms with Crippen molar-refractivity contribution in [2.45, 2.75) is 0 Å². The zero-order valence-electron chi connectivity index (χ0n) is 6.28. The number of amides is 1. The third kappa shape index (κ3) is 1.19. The molecule has 0 N–H and O–H groups in total. The van der Waals surface area contributed by atoms with Gasteiger partial charge in [0.1, 0.15) is 6.07 Å². The fourth-order valence-electron chi connectivity index (χ4n) is 0.916. The Morgan fingerprint density at radius 2 is 2.42 bits per heavy atom. The largest absolute Gasteiger partial charge is 0.334 e. The number of nitriles is 1. The average molecular weight is 178 g/mol. The number of carbonyl (C=O) groups is 1. The molecule has 1 aliphatic heterocycles. The first-order valence-corrected chi connectivity index (χ1v) is 4.47. The molecule has 60 valence electrons. The zero-order valence-corrected chi connectivity index (χ0v) is 7.10. The van der Waals surface area contributed by atoms with E-state index < -0.39 is 0 Å². The number of nitrogens with zero attached hydrogens (tertiary/aromatic N) is 2. The van der Waals surface area contributed by atoms with Crippen LogP contribution >= 0.6 is 11.3 Å². The van der Waals surface area contributed by atoms with E-state index in [2.05, 4.69) is 0 Å². The SMILES string of the molecule is N#Cc1csc(C(=O)N2CC2)c1. The topological polar surface area (TPSA) is 43.9 Å². The van der Waals surface area contributed by atoms with E-state index in [1.165, 1.54) is 11.3 Å². The highest BCUT2D eigenvalue weighted by atomic mass is 32.1. The minimum atomic E-state index is 0.0569. The molecule has 12 heavy (non-hydrogen) atoms. The Balaban J connectivity index is 2.22. The Kier molecular flexibility index (Phi) is 1.59. The number of rotatable bonds is 1. The lowest BCUT2D eigenvalue weighted by atomic mass is 10.3. The van der Waals surface area contributed by atoms with Crippen molar-refractivity contribution in [2.24, 2.45) is 0 Å². The lowest BCUT2D eigenvalue weighted by molar-refractivity contribution is 0.0890. The molecule has 0 aliphatic carbocycles. The summed E-state index contributed by atoms with van der Waals surface area (Å²) in [5, 5.41) is 10.2. The van der Waals surface area contributed by atoms with Gasteiger partial charge in [-0.15, -0.1) is 11.3 Å². The van der Waals surface area contributed by atoms with Gasteiger partial charge < -0.3 is 4.90 Å². The van der Waals surface area contributed by atoms with Crippen LogP contribution < -0.4 is 0 Å². The first-order chi connectivity index (χ1) is 5.81. The molecular weight excluding hydrogens is 172 g/mol. The molecule has 0 bridgehead atoms. The molecule has 3 nitrogen and oxygen atoms in total. The minimum Gasteiger partial charge on any atom is -0.334 e. The summed E-state index contributed by atoms with van der Waals surface area (Å²) in [7, 11) is 0. The lowest BCUT2D eigenvalue weighted by Gasteiger charge is -1.94. The van der Waals surface area contributed by atoms with E-state index in [-0.39, 0.29) is 5.91 Å². The summed E-state index contributed by atoms with van der Waals surface area (Å²) in [6, 6.07) is 3.65. The highest BCUT2D eigenvalue weighted by Crippen LogP contribution is 2.19. The molecule has 0 aromatic carbocycles. The van der Waals surface area contributed by atoms with Gasteiger partial charge >= 0.3 is 0 Å². The van der Waals surface area contributed by atoms with Crippen molar-refractivity contribution in [2.75, 3.05) is 13.1 Å². The normalized spacial score (nSPS) is 14.1. The lowest BCUT2D eigenvalue weighted by Crippen LogP contribution is -2.07. The second kappa shape index (κ2) is 2.61. The summed E-state index contributed by atoms with van der Waals surface area (Å²) in [6.07, 6.45) is 0. The number of thiophene rings is 1. The van der Waals surface area contributed by atoms with Crippen molar-refractivity contribution < 1.29 is 4.79 Å². The Morgan fingerprint density at radius 3 is 2.92 bits per heavy atom. The molecule has 4 heteroatoms. The molecule has 1 saturated heterocycles. The molecule has 0 atom stereocenters. The third-order valence-electron chi connectivity index (χ3n) is 1.67. The van der Waals surface area contributed by atoms with Crippen LogP contribution in [0.2, 0.25) is 0 Å². The van der Waals surface area contributed by atoms with Gasteiger partial charge in [0.05, 0.1) is 10.4 Å². The minimum absolute atomic E-state index is 0.0569. The first kappa shape index (κ1) is 7.32. The summed E-state index contributed by atoms with van der Waals surface area (Å²) in [5.74, 6) is 0.0569. The van der Waals surface area contributed by atoms with Crippen molar-refractivity contribution in [1.82, 2.24) is 4.90 Å². The highest BCUT2D eigenvalue weighted by Gasteiger charge is 2.26. The molecule has 1 aromatic rings. The van der Waals surface area contributed by atoms with Gasteiger partial charge in [-0.3, -0.25) is 4.79 Å². The molecule has 1 fully saturated rings. The van der Waals surface area contributed by atoms with Crippen LogP contribution in [0.5, 0.6) is 0 Å². The molecule has 1 aliphatic rings. The van der Waals surface area contributed by atoms with Gasteiger partial charge in [-0.25, -0.2) is 0 Å². The maximum Gasteiger partial charge on any atom is 0.264 e. The molecule has 2 heterocycles. The predicted octanol–water partition coefficient (Wildman–Crippen LogP) is 1.08. The van der Waals surface area contributed by atoms with Crippen LogP contribution in [-0.2, 0) is 0 Å². The van der Waals surface area contributed by atoms with Crippen LogP contribution in [0.3, 0.4) is 0 Å². The molecule has 0 saturated carbocycles. The summed E-state index contributed by atoms with van der Waals surface area (Å²) in [6.45, 7) is 1.72. The number of carbonyl (C=O) groups excluding carboxylic acids is 1. The van der Waals surface area contributed by atoms with E-state index in [0.29, 0.717) is 10.4 Å². The van der Waals surface area contributed by atoms with E-state index in [4.69, 9.17) is 5.26 Å². The molecule has 0 spiro atoms. The maximum atomic E-state index is 11.4. The van der Waals surface area contributed by atoms with Gasteiger partial charge in [0.15, 0.2) is 0 Å². The Bertz CT molecular complexity index is 359. The van der Waals surface area contributed by atoms with E-state index in [0.717, 1.165) is 13.1 Å². The van der Waals surface area contributed by atoms with Gasteiger partial charge in [-0.1, -0.05) is 0 Å². The second-order valence-corrected chi connectivity index (χ2v) is 3.51. The first-order valence-electron chi connectivity index (χ1n) is 3.59. The molecule has 0 radical (unpaired) electrons. The van der Waals surface area contributed by atoms with Gasteiger partial charge in [0.2, 0.25) is 0 Å². The summed E-state index contributed by atoms with van der Waals surface area (Å²) < 4.78 is 0. The molecule has 2 rings (SSSR count). The van der Waals surface area contributed by atoms with Crippen LogP contribution in [0, 0.1) is 11.3 Å². The summed E-state index contributed by atoms with van der Waals surface area (Å²) in [4.78, 5) is 13.8. The van der Waals surface area contributed by atoms with Gasteiger partial charge in [0.25, 0.3) is 5.91 Å². The van der Waals surface area contributed by atoms with Crippen LogP contribution in [0.1, 0.15) is 15.2 Å². The molecule has 1 amide bonds. The van der Waals surface area contributed by atoms with Crippen molar-refractivity contribution in [1.29, 1.82) is 5.26 Å². The maximum absolute atomic E-state index is 11.4. The van der Waals surface area contributed by atoms with Crippen LogP contribution in [0.25, 0.3) is 0 Å². The second-order valence-electron chi connectivity index (χ2n) is 2.60. The fraction of sp³-hybridized carbons (Fsp3) is 0.250.